The molecule has 0 aromatic heterocycles. The van der Waals surface area contributed by atoms with E-state index in [1.807, 2.05) is 18.2 Å². The lowest BCUT2D eigenvalue weighted by Crippen LogP contribution is -2.24. The quantitative estimate of drug-likeness (QED) is 0.483. The van der Waals surface area contributed by atoms with Crippen LogP contribution in [0.3, 0.4) is 0 Å². The van der Waals surface area contributed by atoms with E-state index in [4.69, 9.17) is 9.47 Å². The van der Waals surface area contributed by atoms with Crippen molar-refractivity contribution in [3.05, 3.63) is 59.7 Å². The van der Waals surface area contributed by atoms with E-state index in [2.05, 4.69) is 11.4 Å². The molecule has 5 nitrogen and oxygen atoms in total. The minimum atomic E-state index is -0.0939. The zero-order valence-electron chi connectivity index (χ0n) is 16.0. The van der Waals surface area contributed by atoms with Crippen molar-refractivity contribution in [3.63, 3.8) is 0 Å². The topological polar surface area (TPSA) is 64.6 Å². The number of benzene rings is 2. The van der Waals surface area contributed by atoms with Crippen LogP contribution in [0, 0.1) is 0 Å². The highest BCUT2D eigenvalue weighted by Gasteiger charge is 2.10. The molecule has 2 aromatic carbocycles. The number of carbonyl (C=O) groups excluding carboxylic acids is 2. The van der Waals surface area contributed by atoms with E-state index >= 15 is 0 Å². The molecule has 1 amide bonds. The van der Waals surface area contributed by atoms with Crippen molar-refractivity contribution in [1.82, 2.24) is 5.32 Å². The van der Waals surface area contributed by atoms with E-state index < -0.39 is 0 Å². The molecule has 0 radical (unpaired) electrons. The van der Waals surface area contributed by atoms with Crippen LogP contribution in [0.5, 0.6) is 11.5 Å². The van der Waals surface area contributed by atoms with Gasteiger partial charge in [0.2, 0.25) is 5.91 Å². The van der Waals surface area contributed by atoms with Crippen molar-refractivity contribution >= 4 is 11.7 Å². The van der Waals surface area contributed by atoms with Gasteiger partial charge >= 0.3 is 0 Å². The molecule has 0 aliphatic carbocycles. The fourth-order valence-electron chi connectivity index (χ4n) is 2.83. The van der Waals surface area contributed by atoms with Crippen LogP contribution in [-0.2, 0) is 11.2 Å². The number of hydrogen-bond donors (Lipinski definition) is 1. The van der Waals surface area contributed by atoms with Gasteiger partial charge in [0.1, 0.15) is 11.5 Å². The Morgan fingerprint density at radius 2 is 1.74 bits per heavy atom. The standard InChI is InChI=1S/C22H27NO4/c1-26-19-11-7-10-18(16-19)20(24)13-14-22(25)23-15-6-5-9-17-8-3-4-12-21(17)27-2/h3-4,7-8,10-12,16H,5-6,9,13-15H2,1-2H3,(H,23,25). The van der Waals surface area contributed by atoms with Crippen LogP contribution < -0.4 is 14.8 Å². The third-order valence-corrected chi connectivity index (χ3v) is 4.36. The third kappa shape index (κ3) is 6.77. The fourth-order valence-corrected chi connectivity index (χ4v) is 2.83. The minimum Gasteiger partial charge on any atom is -0.497 e. The number of ether oxygens (including phenoxy) is 2. The van der Waals surface area contributed by atoms with Gasteiger partial charge in [0.05, 0.1) is 14.2 Å². The monoisotopic (exact) mass is 369 g/mol. The molecule has 2 rings (SSSR count). The number of methoxy groups -OCH3 is 2. The molecule has 0 saturated heterocycles. The highest BCUT2D eigenvalue weighted by atomic mass is 16.5. The van der Waals surface area contributed by atoms with Crippen molar-refractivity contribution in [2.75, 3.05) is 20.8 Å². The predicted octanol–water partition coefficient (Wildman–Crippen LogP) is 3.81. The molecule has 1 N–H and O–H groups in total. The molecule has 0 heterocycles. The first-order chi connectivity index (χ1) is 13.1. The summed E-state index contributed by atoms with van der Waals surface area (Å²) in [6.07, 6.45) is 3.15. The van der Waals surface area contributed by atoms with Crippen LogP contribution in [0.1, 0.15) is 41.6 Å². The Labute approximate surface area is 160 Å². The number of ketones is 1. The Morgan fingerprint density at radius 3 is 2.52 bits per heavy atom. The number of carbonyl (C=O) groups is 2. The third-order valence-electron chi connectivity index (χ3n) is 4.36. The highest BCUT2D eigenvalue weighted by molar-refractivity contribution is 5.98. The van der Waals surface area contributed by atoms with Crippen LogP contribution in [0.4, 0.5) is 0 Å². The summed E-state index contributed by atoms with van der Waals surface area (Å²) in [4.78, 5) is 24.1. The maximum atomic E-state index is 12.2. The van der Waals surface area contributed by atoms with Crippen molar-refractivity contribution in [2.45, 2.75) is 32.1 Å². The molecule has 0 atom stereocenters. The zero-order valence-corrected chi connectivity index (χ0v) is 16.0. The molecule has 0 saturated carbocycles. The van der Waals surface area contributed by atoms with Crippen molar-refractivity contribution in [3.8, 4) is 11.5 Å². The second kappa shape index (κ2) is 11.0. The molecule has 2 aromatic rings. The number of rotatable bonds is 11. The summed E-state index contributed by atoms with van der Waals surface area (Å²) in [5.74, 6) is 1.39. The zero-order chi connectivity index (χ0) is 19.5. The molecule has 0 bridgehead atoms. The smallest absolute Gasteiger partial charge is 0.220 e. The Kier molecular flexibility index (Phi) is 8.36. The second-order valence-electron chi connectivity index (χ2n) is 6.27. The highest BCUT2D eigenvalue weighted by Crippen LogP contribution is 2.19. The predicted molar refractivity (Wildman–Crippen MR) is 106 cm³/mol. The van der Waals surface area contributed by atoms with E-state index in [-0.39, 0.29) is 24.5 Å². The molecular weight excluding hydrogens is 342 g/mol. The van der Waals surface area contributed by atoms with Crippen LogP contribution in [-0.4, -0.2) is 32.5 Å². The van der Waals surface area contributed by atoms with E-state index in [9.17, 15) is 9.59 Å². The normalized spacial score (nSPS) is 10.3. The first kappa shape index (κ1) is 20.5. The van der Waals surface area contributed by atoms with Crippen LogP contribution in [0.2, 0.25) is 0 Å². The van der Waals surface area contributed by atoms with Gasteiger partial charge in [-0.25, -0.2) is 0 Å². The van der Waals surface area contributed by atoms with Gasteiger partial charge in [-0.15, -0.1) is 0 Å². The van der Waals surface area contributed by atoms with Gasteiger partial charge in [-0.1, -0.05) is 30.3 Å². The summed E-state index contributed by atoms with van der Waals surface area (Å²) < 4.78 is 10.5. The molecule has 5 heteroatoms. The number of Topliss-reactive ketones (excluding diaryl/α,β-unsaturated/α-hetero) is 1. The molecule has 0 fully saturated rings. The maximum Gasteiger partial charge on any atom is 0.220 e. The van der Waals surface area contributed by atoms with Gasteiger partial charge in [-0.05, 0) is 43.0 Å². The van der Waals surface area contributed by atoms with E-state index in [1.54, 1.807) is 38.5 Å². The van der Waals surface area contributed by atoms with Crippen LogP contribution in [0.25, 0.3) is 0 Å². The maximum absolute atomic E-state index is 12.2. The lowest BCUT2D eigenvalue weighted by molar-refractivity contribution is -0.121. The van der Waals surface area contributed by atoms with E-state index in [0.29, 0.717) is 17.9 Å². The molecule has 27 heavy (non-hydrogen) atoms. The molecule has 144 valence electrons. The van der Waals surface area contributed by atoms with Gasteiger partial charge in [0, 0.05) is 24.9 Å². The largest absolute Gasteiger partial charge is 0.497 e. The number of hydrogen-bond acceptors (Lipinski definition) is 4. The molecule has 0 unspecified atom stereocenters. The first-order valence-electron chi connectivity index (χ1n) is 9.20. The van der Waals surface area contributed by atoms with Crippen molar-refractivity contribution in [1.29, 1.82) is 0 Å². The summed E-state index contributed by atoms with van der Waals surface area (Å²) in [5, 5.41) is 2.88. The van der Waals surface area contributed by atoms with Gasteiger partial charge in [0.25, 0.3) is 0 Å². The van der Waals surface area contributed by atoms with Crippen molar-refractivity contribution in [2.24, 2.45) is 0 Å². The van der Waals surface area contributed by atoms with Crippen LogP contribution in [0.15, 0.2) is 48.5 Å². The van der Waals surface area contributed by atoms with Crippen LogP contribution >= 0.6 is 0 Å². The lowest BCUT2D eigenvalue weighted by Gasteiger charge is -2.08. The molecular formula is C22H27NO4. The number of amides is 1. The minimum absolute atomic E-state index is 0.0553. The number of nitrogens with one attached hydrogen (secondary N) is 1. The lowest BCUT2D eigenvalue weighted by atomic mass is 10.1. The number of para-hydroxylation sites is 1. The number of unbranched alkanes of at least 4 members (excludes halogenated alkanes) is 1. The number of aryl methyl sites for hydroxylation is 1. The van der Waals surface area contributed by atoms with Gasteiger partial charge in [-0.2, -0.15) is 0 Å². The Bertz CT molecular complexity index is 757. The Balaban J connectivity index is 1.64. The first-order valence-corrected chi connectivity index (χ1v) is 9.20. The van der Waals surface area contributed by atoms with Crippen molar-refractivity contribution < 1.29 is 19.1 Å². The van der Waals surface area contributed by atoms with E-state index in [1.165, 1.54) is 5.56 Å². The van der Waals surface area contributed by atoms with Gasteiger partial charge < -0.3 is 14.8 Å². The molecule has 0 spiro atoms. The summed E-state index contributed by atoms with van der Waals surface area (Å²) in [6.45, 7) is 0.612. The van der Waals surface area contributed by atoms with E-state index in [0.717, 1.165) is 25.0 Å². The Hall–Kier alpha value is -2.82. The van der Waals surface area contributed by atoms with Gasteiger partial charge in [-0.3, -0.25) is 9.59 Å². The Morgan fingerprint density at radius 1 is 0.926 bits per heavy atom. The van der Waals surface area contributed by atoms with Gasteiger partial charge in [0.15, 0.2) is 5.78 Å². The summed E-state index contributed by atoms with van der Waals surface area (Å²) in [5.41, 5.74) is 1.74. The summed E-state index contributed by atoms with van der Waals surface area (Å²) in [7, 11) is 3.23. The average Bonchev–Trinajstić information content (AvgIpc) is 2.72. The fraction of sp³-hybridized carbons (Fsp3) is 0.364. The SMILES string of the molecule is COc1cccc(C(=O)CCC(=O)NCCCCc2ccccc2OC)c1. The molecule has 0 aliphatic heterocycles. The molecule has 0 aliphatic rings. The average molecular weight is 369 g/mol. The second-order valence-corrected chi connectivity index (χ2v) is 6.27. The summed E-state index contributed by atoms with van der Waals surface area (Å²) >= 11 is 0. The summed E-state index contributed by atoms with van der Waals surface area (Å²) in [6, 6.07) is 15.0.